The summed E-state index contributed by atoms with van der Waals surface area (Å²) in [4.78, 5) is 11.7. The van der Waals surface area contributed by atoms with Crippen LogP contribution in [0.1, 0.15) is 19.4 Å². The van der Waals surface area contributed by atoms with Crippen LogP contribution in [0.15, 0.2) is 36.3 Å². The van der Waals surface area contributed by atoms with Gasteiger partial charge in [0.25, 0.3) is 0 Å². The van der Waals surface area contributed by atoms with Gasteiger partial charge in [0, 0.05) is 0 Å². The second-order valence-corrected chi connectivity index (χ2v) is 3.18. The minimum absolute atomic E-state index is 0.0608. The molecule has 0 atom stereocenters. The number of rotatable bonds is 5. The van der Waals surface area contributed by atoms with E-state index >= 15 is 0 Å². The van der Waals surface area contributed by atoms with Crippen molar-refractivity contribution in [2.24, 2.45) is 0 Å². The highest BCUT2D eigenvalue weighted by molar-refractivity contribution is 6.16. The smallest absolute Gasteiger partial charge is 0.340 e. The highest BCUT2D eigenvalue weighted by Crippen LogP contribution is 2.18. The average molecular weight is 235 g/mol. The Morgan fingerprint density at radius 2 is 1.71 bits per heavy atom. The van der Waals surface area contributed by atoms with Crippen LogP contribution in [0.2, 0.25) is 0 Å². The first-order valence-corrected chi connectivity index (χ1v) is 5.47. The molecule has 0 amide bonds. The van der Waals surface area contributed by atoms with Gasteiger partial charge in [0.05, 0.1) is 18.1 Å². The molecule has 4 heteroatoms. The van der Waals surface area contributed by atoms with Gasteiger partial charge in [0.2, 0.25) is 0 Å². The molecule has 0 heterocycles. The van der Waals surface area contributed by atoms with Gasteiger partial charge < -0.3 is 14.6 Å². The Morgan fingerprint density at radius 1 is 1.12 bits per heavy atom. The molecule has 0 spiro atoms. The van der Waals surface area contributed by atoms with Gasteiger partial charge in [-0.1, -0.05) is 37.3 Å². The summed E-state index contributed by atoms with van der Waals surface area (Å²) in [6.07, 6.45) is 0. The van der Waals surface area contributed by atoms with Crippen molar-refractivity contribution in [1.82, 2.24) is 0 Å². The van der Waals surface area contributed by atoms with Crippen molar-refractivity contribution in [3.8, 4) is 0 Å². The van der Waals surface area contributed by atoms with Gasteiger partial charge in [-0.2, -0.15) is 0 Å². The van der Waals surface area contributed by atoms with Gasteiger partial charge in [-0.25, -0.2) is 4.79 Å². The normalized spacial score (nSPS) is 11.6. The molecule has 17 heavy (non-hydrogen) atoms. The molecular formula is C13H15O4-. The van der Waals surface area contributed by atoms with E-state index in [2.05, 4.69) is 0 Å². The highest BCUT2D eigenvalue weighted by Gasteiger charge is 2.14. The zero-order valence-electron chi connectivity index (χ0n) is 9.93. The number of carbonyl (C=O) groups is 1. The Balaban J connectivity index is 3.11. The molecule has 0 aliphatic carbocycles. The van der Waals surface area contributed by atoms with E-state index in [1.165, 1.54) is 0 Å². The molecular weight excluding hydrogens is 220 g/mol. The summed E-state index contributed by atoms with van der Waals surface area (Å²) >= 11 is 0. The van der Waals surface area contributed by atoms with Gasteiger partial charge in [-0.05, 0) is 19.1 Å². The summed E-state index contributed by atoms with van der Waals surface area (Å²) in [6.45, 7) is 3.81. The predicted octanol–water partition coefficient (Wildman–Crippen LogP) is 1.32. The average Bonchev–Trinajstić information content (AvgIpc) is 2.31. The minimum Gasteiger partial charge on any atom is -0.613 e. The van der Waals surface area contributed by atoms with Gasteiger partial charge in [-0.3, -0.25) is 0 Å². The van der Waals surface area contributed by atoms with Crippen LogP contribution in [0.25, 0.3) is 5.57 Å². The van der Waals surface area contributed by atoms with Crippen LogP contribution in [0.3, 0.4) is 0 Å². The topological polar surface area (TPSA) is 58.6 Å². The summed E-state index contributed by atoms with van der Waals surface area (Å²) in [7, 11) is 0. The summed E-state index contributed by atoms with van der Waals surface area (Å²) in [5.41, 5.74) is 0.443. The van der Waals surface area contributed by atoms with Crippen molar-refractivity contribution in [3.63, 3.8) is 0 Å². The molecule has 1 aromatic rings. The Bertz CT molecular complexity index is 395. The minimum atomic E-state index is -0.655. The number of esters is 1. The quantitative estimate of drug-likeness (QED) is 0.438. The second kappa shape index (κ2) is 6.58. The fourth-order valence-electron chi connectivity index (χ4n) is 1.33. The Labute approximate surface area is 100 Å². The number of carbonyl (C=O) groups excluding carboxylic acids is 1. The first-order chi connectivity index (χ1) is 8.20. The van der Waals surface area contributed by atoms with E-state index in [0.717, 1.165) is 0 Å². The maximum atomic E-state index is 11.7. The summed E-state index contributed by atoms with van der Waals surface area (Å²) in [5, 5.41) is 11.7. The van der Waals surface area contributed by atoms with Crippen LogP contribution in [0.5, 0.6) is 0 Å². The van der Waals surface area contributed by atoms with Crippen molar-refractivity contribution < 1.29 is 19.4 Å². The van der Waals surface area contributed by atoms with E-state index in [4.69, 9.17) is 9.47 Å². The molecule has 0 aromatic heterocycles. The van der Waals surface area contributed by atoms with Crippen LogP contribution < -0.4 is 5.11 Å². The molecule has 0 fully saturated rings. The van der Waals surface area contributed by atoms with E-state index < -0.39 is 11.9 Å². The van der Waals surface area contributed by atoms with Crippen molar-refractivity contribution in [3.05, 3.63) is 41.8 Å². The van der Waals surface area contributed by atoms with E-state index in [-0.39, 0.29) is 18.8 Å². The van der Waals surface area contributed by atoms with E-state index in [9.17, 15) is 9.90 Å². The Kier molecular flexibility index (Phi) is 5.07. The maximum Gasteiger partial charge on any atom is 0.340 e. The van der Waals surface area contributed by atoms with Gasteiger partial charge in [0.1, 0.15) is 0 Å². The second-order valence-electron chi connectivity index (χ2n) is 3.18. The third-order valence-corrected chi connectivity index (χ3v) is 2.02. The van der Waals surface area contributed by atoms with Crippen LogP contribution in [-0.2, 0) is 14.3 Å². The van der Waals surface area contributed by atoms with E-state index in [1.807, 2.05) is 0 Å². The SMILES string of the molecule is CCOC(=O)/C(=C(\[O-])OCC)c1ccccc1. The Morgan fingerprint density at radius 3 is 2.24 bits per heavy atom. The Hall–Kier alpha value is -1.97. The lowest BCUT2D eigenvalue weighted by Gasteiger charge is -2.18. The molecule has 0 saturated heterocycles. The molecule has 0 aliphatic heterocycles. The maximum absolute atomic E-state index is 11.7. The number of hydrogen-bond acceptors (Lipinski definition) is 4. The largest absolute Gasteiger partial charge is 0.613 e. The van der Waals surface area contributed by atoms with Crippen molar-refractivity contribution in [1.29, 1.82) is 0 Å². The van der Waals surface area contributed by atoms with Crippen LogP contribution in [0, 0.1) is 0 Å². The first kappa shape index (κ1) is 13.1. The van der Waals surface area contributed by atoms with Crippen LogP contribution in [0.4, 0.5) is 0 Å². The van der Waals surface area contributed by atoms with Crippen LogP contribution in [-0.4, -0.2) is 19.2 Å². The number of benzene rings is 1. The van der Waals surface area contributed by atoms with Gasteiger partial charge in [0.15, 0.2) is 0 Å². The third-order valence-electron chi connectivity index (χ3n) is 2.02. The lowest BCUT2D eigenvalue weighted by atomic mass is 10.1. The monoisotopic (exact) mass is 235 g/mol. The fraction of sp³-hybridized carbons (Fsp3) is 0.308. The van der Waals surface area contributed by atoms with E-state index in [1.54, 1.807) is 44.2 Å². The zero-order chi connectivity index (χ0) is 12.7. The number of ether oxygens (including phenoxy) is 2. The highest BCUT2D eigenvalue weighted by atomic mass is 16.6. The molecule has 0 radical (unpaired) electrons. The lowest BCUT2D eigenvalue weighted by Crippen LogP contribution is -2.17. The van der Waals surface area contributed by atoms with Crippen molar-refractivity contribution >= 4 is 11.5 Å². The molecule has 1 aromatic carbocycles. The van der Waals surface area contributed by atoms with Gasteiger partial charge in [-0.15, -0.1) is 0 Å². The molecule has 1 rings (SSSR count). The lowest BCUT2D eigenvalue weighted by molar-refractivity contribution is -0.354. The molecule has 92 valence electrons. The molecule has 4 nitrogen and oxygen atoms in total. The van der Waals surface area contributed by atoms with Gasteiger partial charge >= 0.3 is 5.97 Å². The predicted molar refractivity (Wildman–Crippen MR) is 61.6 cm³/mol. The standard InChI is InChI=1S/C13H16O4/c1-3-16-12(14)11(13(15)17-4-2)10-8-6-5-7-9-10/h5-9,14H,3-4H2,1-2H3/p-1/b12-11+. The fourth-order valence-corrected chi connectivity index (χ4v) is 1.33. The molecule has 0 saturated carbocycles. The molecule has 0 unspecified atom stereocenters. The van der Waals surface area contributed by atoms with Crippen LogP contribution >= 0.6 is 0 Å². The molecule has 0 bridgehead atoms. The summed E-state index contributed by atoms with van der Waals surface area (Å²) in [6, 6.07) is 8.63. The zero-order valence-corrected chi connectivity index (χ0v) is 9.93. The summed E-state index contributed by atoms with van der Waals surface area (Å²) in [5.74, 6) is -1.31. The van der Waals surface area contributed by atoms with Crippen molar-refractivity contribution in [2.75, 3.05) is 13.2 Å². The summed E-state index contributed by atoms with van der Waals surface area (Å²) < 4.78 is 9.70. The number of hydrogen-bond donors (Lipinski definition) is 0. The molecule has 0 N–H and O–H groups in total. The van der Waals surface area contributed by atoms with Crippen molar-refractivity contribution in [2.45, 2.75) is 13.8 Å². The first-order valence-electron chi connectivity index (χ1n) is 5.47. The third kappa shape index (κ3) is 3.52. The van der Waals surface area contributed by atoms with E-state index in [0.29, 0.717) is 5.56 Å². The molecule has 0 aliphatic rings.